The van der Waals surface area contributed by atoms with Crippen LogP contribution in [0, 0.1) is 0 Å². The van der Waals surface area contributed by atoms with Gasteiger partial charge in [-0.3, -0.25) is 0 Å². The van der Waals surface area contributed by atoms with E-state index in [9.17, 15) is 33.9 Å². The molecule has 0 radical (unpaired) electrons. The number of hydrogen-bond donors (Lipinski definition) is 1. The van der Waals surface area contributed by atoms with Crippen LogP contribution >= 0.6 is 11.3 Å². The van der Waals surface area contributed by atoms with Gasteiger partial charge >= 0.3 is 35.8 Å². The molecule has 0 saturated heterocycles. The van der Waals surface area contributed by atoms with Crippen molar-refractivity contribution in [3.63, 3.8) is 0 Å². The van der Waals surface area contributed by atoms with Crippen LogP contribution < -0.4 is 24.0 Å². The molecule has 5 aromatic rings. The fourth-order valence-corrected chi connectivity index (χ4v) is 6.75. The summed E-state index contributed by atoms with van der Waals surface area (Å²) in [6.45, 7) is 10.9. The van der Waals surface area contributed by atoms with Gasteiger partial charge in [-0.05, 0) is 71.3 Å². The normalized spacial score (nSPS) is 10.5. The van der Waals surface area contributed by atoms with E-state index in [0.717, 1.165) is 40.1 Å². The molecule has 0 atom stereocenters. The number of para-hydroxylation sites is 1. The molecule has 0 fully saturated rings. The number of hydrazone groups is 1. The Labute approximate surface area is 410 Å². The van der Waals surface area contributed by atoms with E-state index in [2.05, 4.69) is 31.3 Å². The molecule has 0 saturated carbocycles. The third-order valence-corrected chi connectivity index (χ3v) is 10.3. The van der Waals surface area contributed by atoms with E-state index in [1.54, 1.807) is 11.2 Å². The lowest BCUT2D eigenvalue weighted by molar-refractivity contribution is -0.146. The van der Waals surface area contributed by atoms with Crippen LogP contribution in [-0.4, -0.2) is 106 Å². The molecule has 0 aliphatic heterocycles. The van der Waals surface area contributed by atoms with Crippen molar-refractivity contribution in [2.24, 2.45) is 5.10 Å². The van der Waals surface area contributed by atoms with Crippen molar-refractivity contribution in [2.45, 2.75) is 12.8 Å². The molecule has 71 heavy (non-hydrogen) atoms. The minimum atomic E-state index is -0.756. The summed E-state index contributed by atoms with van der Waals surface area (Å²) in [4.78, 5) is 77.4. The molecule has 5 rings (SSSR count). The summed E-state index contributed by atoms with van der Waals surface area (Å²) in [6.07, 6.45) is 5.86. The quantitative estimate of drug-likeness (QED) is 0.0140. The van der Waals surface area contributed by atoms with E-state index < -0.39 is 63.0 Å². The number of carbonyl (C=O) groups excluding carboxylic acids is 6. The monoisotopic (exact) mass is 993 g/mol. The highest BCUT2D eigenvalue weighted by Crippen LogP contribution is 2.31. The Morgan fingerprint density at radius 2 is 1.08 bits per heavy atom. The number of hydrogen-bond acceptors (Lipinski definition) is 21. The Balaban J connectivity index is 1.31. The van der Waals surface area contributed by atoms with Crippen molar-refractivity contribution >= 4 is 68.7 Å². The van der Waals surface area contributed by atoms with E-state index >= 15 is 0 Å². The third-order valence-electron chi connectivity index (χ3n) is 9.28. The van der Waals surface area contributed by atoms with Crippen LogP contribution in [0.4, 0.5) is 5.13 Å². The van der Waals surface area contributed by atoms with Gasteiger partial charge in [-0.15, -0.1) is 0 Å². The van der Waals surface area contributed by atoms with E-state index in [0.29, 0.717) is 16.3 Å². The first kappa shape index (κ1) is 53.1. The van der Waals surface area contributed by atoms with Crippen LogP contribution in [0.5, 0.6) is 23.0 Å². The summed E-state index contributed by atoms with van der Waals surface area (Å²) >= 11 is 1.40. The average molecular weight is 994 g/mol. The topological polar surface area (TPSA) is 243 Å². The number of rotatable bonds is 29. The zero-order chi connectivity index (χ0) is 51.0. The molecular formula is C50H47N3O17S. The molecule has 20 nitrogen and oxygen atoms in total. The number of esters is 6. The fraction of sp³-hybridized carbons (Fsp3) is 0.200. The molecule has 0 aliphatic carbocycles. The van der Waals surface area contributed by atoms with Crippen LogP contribution in [0.3, 0.4) is 0 Å². The number of thiazole rings is 1. The highest BCUT2D eigenvalue weighted by Gasteiger charge is 2.18. The lowest BCUT2D eigenvalue weighted by Gasteiger charge is -2.15. The lowest BCUT2D eigenvalue weighted by Crippen LogP contribution is -2.20. The molecule has 0 amide bonds. The molecule has 1 N–H and O–H groups in total. The number of carbonyl (C=O) groups is 6. The second-order valence-electron chi connectivity index (χ2n) is 13.9. The Hall–Kier alpha value is -8.82. The van der Waals surface area contributed by atoms with Crippen LogP contribution in [0.1, 0.15) is 37.4 Å². The number of fused-ring (bicyclic) bond motifs is 1. The molecule has 0 spiro atoms. The Morgan fingerprint density at radius 1 is 0.592 bits per heavy atom. The van der Waals surface area contributed by atoms with Crippen molar-refractivity contribution in [3.8, 4) is 23.0 Å². The summed E-state index contributed by atoms with van der Waals surface area (Å²) in [5.41, 5.74) is 2.97. The number of ether oxygens (including phenoxy) is 10. The summed E-state index contributed by atoms with van der Waals surface area (Å²) in [5.74, 6) is -4.35. The second kappa shape index (κ2) is 27.9. The summed E-state index contributed by atoms with van der Waals surface area (Å²) in [6, 6.07) is 21.2. The SMILES string of the molecule is C=CC(=O)OCOc1ccc(C(=O)OCCc2ccc(CCOC(=O)c3ccc(OCOC(=O)C=C)c(OCOC(=O)C=C)c3)c(/C=N/N(CCO)c3nc4ccccc4s3)c2)cc1OCOC(=O)C=C. The maximum absolute atomic E-state index is 13.3. The van der Waals surface area contributed by atoms with Gasteiger partial charge in [0.25, 0.3) is 0 Å². The Bertz CT molecular complexity index is 2740. The highest BCUT2D eigenvalue weighted by atomic mass is 32.1. The van der Waals surface area contributed by atoms with Crippen molar-refractivity contribution in [1.82, 2.24) is 4.98 Å². The number of nitrogens with zero attached hydrogens (tertiary/aromatic N) is 3. The molecule has 0 aliphatic rings. The van der Waals surface area contributed by atoms with Gasteiger partial charge in [0.15, 0.2) is 23.0 Å². The number of benzene rings is 4. The van der Waals surface area contributed by atoms with Crippen LogP contribution in [0.2, 0.25) is 0 Å². The van der Waals surface area contributed by atoms with Gasteiger partial charge in [-0.1, -0.05) is 61.9 Å². The van der Waals surface area contributed by atoms with Crippen LogP contribution in [-0.2, 0) is 60.4 Å². The van der Waals surface area contributed by atoms with Crippen molar-refractivity contribution in [1.29, 1.82) is 0 Å². The van der Waals surface area contributed by atoms with E-state index in [4.69, 9.17) is 52.5 Å². The smallest absolute Gasteiger partial charge is 0.338 e. The van der Waals surface area contributed by atoms with Crippen molar-refractivity contribution in [2.75, 3.05) is 58.5 Å². The molecule has 1 heterocycles. The van der Waals surface area contributed by atoms with Gasteiger partial charge in [0, 0.05) is 37.1 Å². The highest BCUT2D eigenvalue weighted by molar-refractivity contribution is 7.22. The molecule has 4 aromatic carbocycles. The molecular weight excluding hydrogens is 947 g/mol. The first-order valence-electron chi connectivity index (χ1n) is 21.1. The molecule has 21 heteroatoms. The summed E-state index contributed by atoms with van der Waals surface area (Å²) in [7, 11) is 0. The number of aliphatic hydroxyl groups excluding tert-OH is 1. The van der Waals surface area contributed by atoms with E-state index in [-0.39, 0.29) is 73.3 Å². The van der Waals surface area contributed by atoms with Gasteiger partial charge in [0.1, 0.15) is 0 Å². The minimum absolute atomic E-state index is 0.0204. The largest absolute Gasteiger partial charge is 0.462 e. The minimum Gasteiger partial charge on any atom is -0.462 e. The third kappa shape index (κ3) is 16.7. The maximum Gasteiger partial charge on any atom is 0.338 e. The molecule has 370 valence electrons. The average Bonchev–Trinajstić information content (AvgIpc) is 3.82. The van der Waals surface area contributed by atoms with Gasteiger partial charge in [0.05, 0.1) is 53.9 Å². The number of anilines is 1. The second-order valence-corrected chi connectivity index (χ2v) is 14.9. The number of aromatic nitrogens is 1. The van der Waals surface area contributed by atoms with Crippen molar-refractivity contribution < 1.29 is 81.2 Å². The van der Waals surface area contributed by atoms with E-state index in [1.165, 1.54) is 47.7 Å². The summed E-state index contributed by atoms with van der Waals surface area (Å²) < 4.78 is 53.6. The van der Waals surface area contributed by atoms with Crippen LogP contribution in [0.15, 0.2) is 135 Å². The van der Waals surface area contributed by atoms with Gasteiger partial charge in [0.2, 0.25) is 32.3 Å². The fourth-order valence-electron chi connectivity index (χ4n) is 5.80. The zero-order valence-corrected chi connectivity index (χ0v) is 38.8. The predicted octanol–water partition coefficient (Wildman–Crippen LogP) is 6.19. The van der Waals surface area contributed by atoms with Gasteiger partial charge < -0.3 is 52.5 Å². The summed E-state index contributed by atoms with van der Waals surface area (Å²) in [5, 5.41) is 16.8. The maximum atomic E-state index is 13.3. The van der Waals surface area contributed by atoms with Crippen molar-refractivity contribution in [3.05, 3.63) is 157 Å². The van der Waals surface area contributed by atoms with Gasteiger partial charge in [-0.2, -0.15) is 5.10 Å². The molecule has 0 unspecified atom stereocenters. The van der Waals surface area contributed by atoms with Gasteiger partial charge in [-0.25, -0.2) is 38.8 Å². The Kier molecular flexibility index (Phi) is 20.9. The molecule has 1 aromatic heterocycles. The first-order chi connectivity index (χ1) is 34.4. The first-order valence-corrected chi connectivity index (χ1v) is 22.0. The molecule has 0 bridgehead atoms. The zero-order valence-electron chi connectivity index (χ0n) is 38.0. The lowest BCUT2D eigenvalue weighted by atomic mass is 10.0. The predicted molar refractivity (Wildman–Crippen MR) is 256 cm³/mol. The number of aliphatic hydroxyl groups is 1. The van der Waals surface area contributed by atoms with E-state index in [1.807, 2.05) is 42.5 Å². The Morgan fingerprint density at radius 3 is 1.58 bits per heavy atom. The van der Waals surface area contributed by atoms with Crippen LogP contribution in [0.25, 0.3) is 10.2 Å². The standard InChI is InChI=1S/C50H47N3O17S/c1-5-44(55)67-29-63-39-17-15-35(26-41(39)65-31-69-46(57)7-3)48(59)61-23-19-33-13-14-34(37(25-33)28-51-53(21-22-54)50-52-38-11-9-10-12-43(38)71-50)20-24-62-49(60)36-16-18-40(64-30-68-45(56)6-2)42(27-36)66-32-70-47(58)8-4/h5-18,25-28,54H,1-4,19-24,29-32H2/b51-28+.